The van der Waals surface area contributed by atoms with Crippen molar-refractivity contribution in [2.75, 3.05) is 25.5 Å². The van der Waals surface area contributed by atoms with E-state index >= 15 is 0 Å². The Bertz CT molecular complexity index is 1270. The van der Waals surface area contributed by atoms with Gasteiger partial charge in [-0.05, 0) is 71.7 Å². The van der Waals surface area contributed by atoms with Gasteiger partial charge in [0.15, 0.2) is 0 Å². The lowest BCUT2D eigenvalue weighted by Gasteiger charge is -2.39. The second-order valence-electron chi connectivity index (χ2n) is 10.2. The number of anilines is 1. The molecule has 3 aromatic carbocycles. The van der Waals surface area contributed by atoms with Crippen molar-refractivity contribution in [3.8, 4) is 5.75 Å². The van der Waals surface area contributed by atoms with Gasteiger partial charge in [0.05, 0.1) is 13.2 Å². The molecule has 2 aliphatic heterocycles. The molecule has 4 heteroatoms. The zero-order valence-corrected chi connectivity index (χ0v) is 20.0. The van der Waals surface area contributed by atoms with E-state index in [1.165, 1.54) is 21.9 Å². The molecule has 174 valence electrons. The number of benzene rings is 3. The second-order valence-corrected chi connectivity index (χ2v) is 10.2. The van der Waals surface area contributed by atoms with Crippen LogP contribution in [0, 0.1) is 11.8 Å². The van der Waals surface area contributed by atoms with E-state index in [-0.39, 0.29) is 11.9 Å². The molecule has 2 heterocycles. The van der Waals surface area contributed by atoms with Crippen molar-refractivity contribution in [2.24, 2.45) is 11.8 Å². The number of carbonyl (C=O) groups excluding carboxylic acids is 1. The highest BCUT2D eigenvalue weighted by atomic mass is 16.5. The van der Waals surface area contributed by atoms with Gasteiger partial charge in [0.1, 0.15) is 5.75 Å². The van der Waals surface area contributed by atoms with Gasteiger partial charge in [-0.3, -0.25) is 4.79 Å². The van der Waals surface area contributed by atoms with Gasteiger partial charge in [0.25, 0.3) is 5.91 Å². The zero-order chi connectivity index (χ0) is 23.2. The highest BCUT2D eigenvalue weighted by molar-refractivity contribution is 5.95. The molecule has 1 amide bonds. The lowest BCUT2D eigenvalue weighted by Crippen LogP contribution is -2.38. The van der Waals surface area contributed by atoms with Crippen LogP contribution in [-0.2, 0) is 0 Å². The first-order chi connectivity index (χ1) is 16.6. The van der Waals surface area contributed by atoms with Crippen molar-refractivity contribution in [2.45, 2.75) is 38.1 Å². The average Bonchev–Trinajstić information content (AvgIpc) is 3.38. The largest absolute Gasteiger partial charge is 0.496 e. The Morgan fingerprint density at radius 2 is 1.88 bits per heavy atom. The van der Waals surface area contributed by atoms with Gasteiger partial charge in [-0.15, -0.1) is 0 Å². The van der Waals surface area contributed by atoms with Gasteiger partial charge in [0, 0.05) is 35.8 Å². The van der Waals surface area contributed by atoms with E-state index in [2.05, 4.69) is 72.9 Å². The van der Waals surface area contributed by atoms with E-state index in [0.29, 0.717) is 17.8 Å². The van der Waals surface area contributed by atoms with Crippen LogP contribution in [0.3, 0.4) is 0 Å². The van der Waals surface area contributed by atoms with Crippen LogP contribution in [0.25, 0.3) is 10.8 Å². The Kier molecular flexibility index (Phi) is 5.32. The fraction of sp³-hybridized carbons (Fsp3) is 0.367. The van der Waals surface area contributed by atoms with Gasteiger partial charge in [0.2, 0.25) is 0 Å². The van der Waals surface area contributed by atoms with Crippen LogP contribution in [0.5, 0.6) is 5.75 Å². The van der Waals surface area contributed by atoms with Crippen molar-refractivity contribution < 1.29 is 9.53 Å². The first-order valence-electron chi connectivity index (χ1n) is 12.6. The summed E-state index contributed by atoms with van der Waals surface area (Å²) in [7, 11) is 1.76. The summed E-state index contributed by atoms with van der Waals surface area (Å²) in [6.45, 7) is 4.01. The van der Waals surface area contributed by atoms with Crippen LogP contribution >= 0.6 is 0 Å². The number of ether oxygens (including phenoxy) is 1. The van der Waals surface area contributed by atoms with Crippen molar-refractivity contribution in [3.05, 3.63) is 83.4 Å². The molecular formula is C30H32N2O2. The number of nitrogens with zero attached hydrogens (tertiary/aromatic N) is 1. The molecule has 4 nitrogen and oxygen atoms in total. The summed E-state index contributed by atoms with van der Waals surface area (Å²) >= 11 is 0. The normalized spacial score (nSPS) is 23.9. The maximum absolute atomic E-state index is 13.3. The summed E-state index contributed by atoms with van der Waals surface area (Å²) < 4.78 is 5.86. The number of likely N-dealkylation sites (tertiary alicyclic amines) is 1. The maximum Gasteiger partial charge on any atom is 0.253 e. The predicted molar refractivity (Wildman–Crippen MR) is 138 cm³/mol. The number of hydrogen-bond donors (Lipinski definition) is 1. The molecule has 0 bridgehead atoms. The van der Waals surface area contributed by atoms with E-state index in [4.69, 9.17) is 4.74 Å². The van der Waals surface area contributed by atoms with Crippen molar-refractivity contribution in [1.82, 2.24) is 4.90 Å². The topological polar surface area (TPSA) is 41.6 Å². The second kappa shape index (κ2) is 8.50. The number of allylic oxidation sites excluding steroid dienone is 2. The third-order valence-corrected chi connectivity index (χ3v) is 8.14. The quantitative estimate of drug-likeness (QED) is 0.458. The van der Waals surface area contributed by atoms with Crippen LogP contribution in [0.2, 0.25) is 0 Å². The van der Waals surface area contributed by atoms with Crippen molar-refractivity contribution in [3.63, 3.8) is 0 Å². The van der Waals surface area contributed by atoms with Crippen LogP contribution in [-0.4, -0.2) is 31.0 Å². The van der Waals surface area contributed by atoms with E-state index < -0.39 is 0 Å². The molecule has 0 aromatic heterocycles. The summed E-state index contributed by atoms with van der Waals surface area (Å²) in [6, 6.07) is 19.2. The number of carbonyl (C=O) groups is 1. The average molecular weight is 453 g/mol. The molecule has 3 atom stereocenters. The molecule has 0 saturated carbocycles. The van der Waals surface area contributed by atoms with Crippen LogP contribution < -0.4 is 10.1 Å². The minimum absolute atomic E-state index is 0.138. The van der Waals surface area contributed by atoms with E-state index in [1.54, 1.807) is 7.11 Å². The molecular weight excluding hydrogens is 420 g/mol. The van der Waals surface area contributed by atoms with Gasteiger partial charge < -0.3 is 15.0 Å². The number of rotatable bonds is 3. The molecule has 6 rings (SSSR count). The summed E-state index contributed by atoms with van der Waals surface area (Å²) in [6.07, 6.45) is 7.85. The minimum atomic E-state index is 0.138. The van der Waals surface area contributed by atoms with E-state index in [9.17, 15) is 4.79 Å². The molecule has 3 unspecified atom stereocenters. The third-order valence-electron chi connectivity index (χ3n) is 8.14. The van der Waals surface area contributed by atoms with Crippen molar-refractivity contribution >= 4 is 22.4 Å². The molecule has 1 saturated heterocycles. The van der Waals surface area contributed by atoms with Gasteiger partial charge in [-0.25, -0.2) is 0 Å². The van der Waals surface area contributed by atoms with Gasteiger partial charge >= 0.3 is 0 Å². The standard InChI is InChI=1S/C30H32N2O2/c1-19-14-16-32(17-15-19)30(33)21-10-12-26-25(18-21)23-8-5-9-24(23)29(31-26)28-22-7-4-3-6-20(22)11-13-27(28)34-2/h3-8,10-13,18-19,23-24,29,31H,9,14-17H2,1-2H3. The monoisotopic (exact) mass is 452 g/mol. The predicted octanol–water partition coefficient (Wildman–Crippen LogP) is 6.55. The minimum Gasteiger partial charge on any atom is -0.496 e. The van der Waals surface area contributed by atoms with Gasteiger partial charge in [-0.1, -0.05) is 49.4 Å². The van der Waals surface area contributed by atoms with Gasteiger partial charge in [-0.2, -0.15) is 0 Å². The lowest BCUT2D eigenvalue weighted by molar-refractivity contribution is 0.0697. The Hall–Kier alpha value is -3.27. The number of amides is 1. The molecule has 1 aliphatic carbocycles. The van der Waals surface area contributed by atoms with E-state index in [0.717, 1.165) is 49.4 Å². The van der Waals surface area contributed by atoms with Crippen LogP contribution in [0.4, 0.5) is 5.69 Å². The molecule has 34 heavy (non-hydrogen) atoms. The Morgan fingerprint density at radius 3 is 2.71 bits per heavy atom. The summed E-state index contributed by atoms with van der Waals surface area (Å²) in [5.74, 6) is 2.49. The third kappa shape index (κ3) is 3.48. The molecule has 3 aliphatic rings. The molecule has 0 spiro atoms. The number of fused-ring (bicyclic) bond motifs is 4. The molecule has 1 N–H and O–H groups in total. The number of nitrogens with one attached hydrogen (secondary N) is 1. The van der Waals surface area contributed by atoms with E-state index in [1.807, 2.05) is 11.0 Å². The Morgan fingerprint density at radius 1 is 1.06 bits per heavy atom. The first-order valence-corrected chi connectivity index (χ1v) is 12.6. The fourth-order valence-electron chi connectivity index (χ4n) is 6.18. The number of hydrogen-bond acceptors (Lipinski definition) is 3. The Balaban J connectivity index is 1.38. The summed E-state index contributed by atoms with van der Waals surface area (Å²) in [4.78, 5) is 15.3. The SMILES string of the molecule is COc1ccc2ccccc2c1C1Nc2ccc(C(=O)N3CCC(C)CC3)cc2C2C=CCC21. The molecule has 1 fully saturated rings. The molecule has 0 radical (unpaired) electrons. The van der Waals surface area contributed by atoms with Crippen LogP contribution in [0.15, 0.2) is 66.7 Å². The highest BCUT2D eigenvalue weighted by Gasteiger charge is 2.40. The van der Waals surface area contributed by atoms with Crippen LogP contribution in [0.1, 0.15) is 59.6 Å². The Labute approximate surface area is 201 Å². The summed E-state index contributed by atoms with van der Waals surface area (Å²) in [5, 5.41) is 6.32. The smallest absolute Gasteiger partial charge is 0.253 e. The fourth-order valence-corrected chi connectivity index (χ4v) is 6.18. The number of piperidine rings is 1. The molecule has 3 aromatic rings. The zero-order valence-electron chi connectivity index (χ0n) is 20.0. The first kappa shape index (κ1) is 21.3. The van der Waals surface area contributed by atoms with Crippen molar-refractivity contribution in [1.29, 1.82) is 0 Å². The summed E-state index contributed by atoms with van der Waals surface area (Å²) in [5.41, 5.74) is 4.41. The lowest BCUT2D eigenvalue weighted by atomic mass is 9.75. The highest BCUT2D eigenvalue weighted by Crippen LogP contribution is 2.52. The number of methoxy groups -OCH3 is 1. The maximum atomic E-state index is 13.3.